The van der Waals surface area contributed by atoms with Crippen molar-refractivity contribution in [1.82, 2.24) is 0 Å². The molecule has 0 unspecified atom stereocenters. The zero-order chi connectivity index (χ0) is 23.3. The average molecular weight is 441 g/mol. The number of furan rings is 1. The van der Waals surface area contributed by atoms with Crippen LogP contribution in [0, 0.1) is 6.92 Å². The summed E-state index contributed by atoms with van der Waals surface area (Å²) in [5.41, 5.74) is 6.09. The third kappa shape index (κ3) is 4.26. The summed E-state index contributed by atoms with van der Waals surface area (Å²) >= 11 is 0. The van der Waals surface area contributed by atoms with E-state index < -0.39 is 0 Å². The van der Waals surface area contributed by atoms with Crippen molar-refractivity contribution < 1.29 is 9.21 Å². The number of carbonyl (C=O) groups excluding carboxylic acids is 1. The summed E-state index contributed by atoms with van der Waals surface area (Å²) in [6, 6.07) is 39.7. The van der Waals surface area contributed by atoms with Gasteiger partial charge in [0.1, 0.15) is 11.5 Å². The fourth-order valence-electron chi connectivity index (χ4n) is 4.20. The molecular weight excluding hydrogens is 416 g/mol. The quantitative estimate of drug-likeness (QED) is 0.250. The Kier molecular flexibility index (Phi) is 6.05. The van der Waals surface area contributed by atoms with E-state index in [1.54, 1.807) is 0 Å². The molecule has 34 heavy (non-hydrogen) atoms. The molecule has 0 amide bonds. The van der Waals surface area contributed by atoms with Crippen LogP contribution in [0.4, 0.5) is 0 Å². The molecule has 0 aliphatic rings. The lowest BCUT2D eigenvalue weighted by Gasteiger charge is -2.10. The van der Waals surface area contributed by atoms with E-state index in [0.717, 1.165) is 27.8 Å². The minimum absolute atomic E-state index is 0.0528. The maximum Gasteiger partial charge on any atom is 0.197 e. The first-order valence-corrected chi connectivity index (χ1v) is 11.3. The van der Waals surface area contributed by atoms with Gasteiger partial charge in [-0.2, -0.15) is 0 Å². The molecule has 2 nitrogen and oxygen atoms in total. The van der Waals surface area contributed by atoms with E-state index in [9.17, 15) is 4.79 Å². The van der Waals surface area contributed by atoms with Crippen LogP contribution in [0.1, 0.15) is 38.4 Å². The number of rotatable bonds is 6. The molecule has 2 heteroatoms. The Morgan fingerprint density at radius 2 is 1.06 bits per heavy atom. The molecular formula is C32H24O2. The Balaban J connectivity index is 1.77. The zero-order valence-electron chi connectivity index (χ0n) is 18.9. The van der Waals surface area contributed by atoms with Crippen LogP contribution in [0.2, 0.25) is 0 Å². The van der Waals surface area contributed by atoms with E-state index in [4.69, 9.17) is 4.42 Å². The van der Waals surface area contributed by atoms with Crippen molar-refractivity contribution in [3.8, 4) is 11.3 Å². The average Bonchev–Trinajstić information content (AvgIpc) is 3.24. The summed E-state index contributed by atoms with van der Waals surface area (Å²) in [4.78, 5) is 13.8. The molecule has 1 heterocycles. The molecule has 0 saturated heterocycles. The minimum Gasteiger partial charge on any atom is -0.460 e. The first-order valence-electron chi connectivity index (χ1n) is 11.3. The highest BCUT2D eigenvalue weighted by molar-refractivity contribution is 6.15. The second kappa shape index (κ2) is 9.60. The summed E-state index contributed by atoms with van der Waals surface area (Å²) < 4.78 is 6.28. The fourth-order valence-corrected chi connectivity index (χ4v) is 4.20. The van der Waals surface area contributed by atoms with Crippen molar-refractivity contribution in [1.29, 1.82) is 0 Å². The Bertz CT molecular complexity index is 1390. The van der Waals surface area contributed by atoms with Gasteiger partial charge in [-0.1, -0.05) is 121 Å². The van der Waals surface area contributed by atoms with Crippen molar-refractivity contribution in [3.05, 3.63) is 155 Å². The molecule has 0 aliphatic heterocycles. The Hall–Kier alpha value is -4.43. The van der Waals surface area contributed by atoms with Gasteiger partial charge in [-0.15, -0.1) is 0 Å². The van der Waals surface area contributed by atoms with Gasteiger partial charge in [-0.05, 0) is 29.7 Å². The predicted octanol–water partition coefficient (Wildman–Crippen LogP) is 8.07. The van der Waals surface area contributed by atoms with Gasteiger partial charge in [0.15, 0.2) is 5.78 Å². The summed E-state index contributed by atoms with van der Waals surface area (Å²) in [7, 11) is 0. The number of hydrogen-bond acceptors (Lipinski definition) is 2. The van der Waals surface area contributed by atoms with Gasteiger partial charge in [0.25, 0.3) is 0 Å². The van der Waals surface area contributed by atoms with Gasteiger partial charge in [-0.3, -0.25) is 4.79 Å². The van der Waals surface area contributed by atoms with E-state index >= 15 is 0 Å². The molecule has 0 bridgehead atoms. The van der Waals surface area contributed by atoms with E-state index in [2.05, 4.69) is 30.3 Å². The van der Waals surface area contributed by atoms with Crippen LogP contribution in [-0.4, -0.2) is 5.78 Å². The SMILES string of the molecule is Cc1oc(-c2ccccc2)c(C(=O)c2ccccc2)c1C=C(c1ccccc1)c1ccccc1. The molecule has 5 aromatic rings. The largest absolute Gasteiger partial charge is 0.460 e. The third-order valence-corrected chi connectivity index (χ3v) is 5.89. The smallest absolute Gasteiger partial charge is 0.197 e. The molecule has 0 aliphatic carbocycles. The predicted molar refractivity (Wildman–Crippen MR) is 139 cm³/mol. The molecule has 1 aromatic heterocycles. The van der Waals surface area contributed by atoms with Gasteiger partial charge in [0, 0.05) is 16.7 Å². The van der Waals surface area contributed by atoms with Gasteiger partial charge in [-0.25, -0.2) is 0 Å². The molecule has 0 saturated carbocycles. The lowest BCUT2D eigenvalue weighted by atomic mass is 9.91. The number of aryl methyl sites for hydroxylation is 1. The van der Waals surface area contributed by atoms with E-state index in [1.165, 1.54) is 0 Å². The number of hydrogen-bond donors (Lipinski definition) is 0. The first-order chi connectivity index (χ1) is 16.7. The summed E-state index contributed by atoms with van der Waals surface area (Å²) in [6.07, 6.45) is 2.09. The van der Waals surface area contributed by atoms with Gasteiger partial charge >= 0.3 is 0 Å². The van der Waals surface area contributed by atoms with Crippen LogP contribution in [0.5, 0.6) is 0 Å². The van der Waals surface area contributed by atoms with Crippen molar-refractivity contribution in [3.63, 3.8) is 0 Å². The summed E-state index contributed by atoms with van der Waals surface area (Å²) in [6.45, 7) is 1.92. The standard InChI is InChI=1S/C32H24O2/c1-23-28(22-29(24-14-6-2-7-15-24)25-16-8-3-9-17-25)30(31(33)26-18-10-4-11-19-26)32(34-23)27-20-12-5-13-21-27/h2-22H,1H3. The number of benzene rings is 4. The molecule has 164 valence electrons. The molecule has 0 N–H and O–H groups in total. The fraction of sp³-hybridized carbons (Fsp3) is 0.0312. The van der Waals surface area contributed by atoms with Crippen molar-refractivity contribution in [2.75, 3.05) is 0 Å². The highest BCUT2D eigenvalue weighted by Crippen LogP contribution is 2.36. The van der Waals surface area contributed by atoms with Crippen LogP contribution in [0.25, 0.3) is 23.0 Å². The maximum absolute atomic E-state index is 13.8. The van der Waals surface area contributed by atoms with Crippen molar-refractivity contribution >= 4 is 17.4 Å². The van der Waals surface area contributed by atoms with E-state index in [-0.39, 0.29) is 5.78 Å². The molecule has 4 aromatic carbocycles. The lowest BCUT2D eigenvalue weighted by Crippen LogP contribution is -2.04. The van der Waals surface area contributed by atoms with Crippen LogP contribution in [-0.2, 0) is 0 Å². The Morgan fingerprint density at radius 3 is 1.56 bits per heavy atom. The van der Waals surface area contributed by atoms with E-state index in [0.29, 0.717) is 22.6 Å². The van der Waals surface area contributed by atoms with Gasteiger partial charge in [0.2, 0.25) is 0 Å². The van der Waals surface area contributed by atoms with E-state index in [1.807, 2.05) is 104 Å². The normalized spacial score (nSPS) is 10.6. The summed E-state index contributed by atoms with van der Waals surface area (Å²) in [5, 5.41) is 0. The second-order valence-corrected chi connectivity index (χ2v) is 8.13. The third-order valence-electron chi connectivity index (χ3n) is 5.89. The van der Waals surface area contributed by atoms with Crippen LogP contribution < -0.4 is 0 Å². The van der Waals surface area contributed by atoms with Crippen molar-refractivity contribution in [2.24, 2.45) is 0 Å². The highest BCUT2D eigenvalue weighted by atomic mass is 16.3. The topological polar surface area (TPSA) is 30.2 Å². The van der Waals surface area contributed by atoms with Crippen molar-refractivity contribution in [2.45, 2.75) is 6.92 Å². The highest BCUT2D eigenvalue weighted by Gasteiger charge is 2.25. The lowest BCUT2D eigenvalue weighted by molar-refractivity contribution is 0.103. The summed E-state index contributed by atoms with van der Waals surface area (Å²) in [5.74, 6) is 1.25. The Morgan fingerprint density at radius 1 is 0.618 bits per heavy atom. The molecule has 0 spiro atoms. The maximum atomic E-state index is 13.8. The van der Waals surface area contributed by atoms with Crippen LogP contribution in [0.3, 0.4) is 0 Å². The Labute approximate surface area is 199 Å². The van der Waals surface area contributed by atoms with Crippen LogP contribution in [0.15, 0.2) is 126 Å². The van der Waals surface area contributed by atoms with Gasteiger partial charge < -0.3 is 4.42 Å². The van der Waals surface area contributed by atoms with Crippen LogP contribution >= 0.6 is 0 Å². The number of ketones is 1. The number of carbonyl (C=O) groups is 1. The first kappa shape index (κ1) is 21.4. The molecule has 0 fully saturated rings. The zero-order valence-corrected chi connectivity index (χ0v) is 18.9. The molecule has 5 rings (SSSR count). The second-order valence-electron chi connectivity index (χ2n) is 8.13. The molecule has 0 radical (unpaired) electrons. The minimum atomic E-state index is -0.0528. The molecule has 0 atom stereocenters. The van der Waals surface area contributed by atoms with Gasteiger partial charge in [0.05, 0.1) is 5.56 Å². The monoisotopic (exact) mass is 440 g/mol.